The summed E-state index contributed by atoms with van der Waals surface area (Å²) in [5.41, 5.74) is 3.80. The summed E-state index contributed by atoms with van der Waals surface area (Å²) in [4.78, 5) is 12.0. The van der Waals surface area contributed by atoms with Crippen LogP contribution in [-0.2, 0) is 24.1 Å². The molecule has 4 nitrogen and oxygen atoms in total. The molecule has 1 aromatic rings. The molecule has 4 heteroatoms. The quantitative estimate of drug-likeness (QED) is 0.761. The molecule has 0 aromatic heterocycles. The molecule has 0 bridgehead atoms. The highest BCUT2D eigenvalue weighted by molar-refractivity contribution is 5.79. The van der Waals surface area contributed by atoms with E-state index >= 15 is 0 Å². The van der Waals surface area contributed by atoms with Gasteiger partial charge in [0.25, 0.3) is 0 Å². The summed E-state index contributed by atoms with van der Waals surface area (Å²) in [6.45, 7) is 0. The maximum absolute atomic E-state index is 12.0. The minimum atomic E-state index is -0.834. The van der Waals surface area contributed by atoms with Gasteiger partial charge in [-0.2, -0.15) is 0 Å². The van der Waals surface area contributed by atoms with Crippen LogP contribution in [0.5, 0.6) is 0 Å². The van der Waals surface area contributed by atoms with E-state index in [1.54, 1.807) is 0 Å². The SMILES string of the molecule is O=C(Cc1ccc2c(c1)CCC2)N[C@@H]1CC[C@@H](O)[C@@H]1O. The van der Waals surface area contributed by atoms with Gasteiger partial charge >= 0.3 is 0 Å². The van der Waals surface area contributed by atoms with Crippen molar-refractivity contribution in [2.75, 3.05) is 0 Å². The number of nitrogens with one attached hydrogen (secondary N) is 1. The first kappa shape index (κ1) is 13.6. The standard InChI is InChI=1S/C16H21NO3/c18-14-7-6-13(16(14)20)17-15(19)9-10-4-5-11-2-1-3-12(11)8-10/h4-5,8,13-14,16,18,20H,1-3,6-7,9H2,(H,17,19)/t13-,14-,16-/m1/s1. The van der Waals surface area contributed by atoms with Crippen molar-refractivity contribution in [3.05, 3.63) is 34.9 Å². The third-order valence-electron chi connectivity index (χ3n) is 4.45. The molecule has 2 aliphatic carbocycles. The molecule has 1 saturated carbocycles. The van der Waals surface area contributed by atoms with Crippen LogP contribution in [0.1, 0.15) is 36.0 Å². The summed E-state index contributed by atoms with van der Waals surface area (Å²) in [6, 6.07) is 5.96. The first-order chi connectivity index (χ1) is 9.63. The number of fused-ring (bicyclic) bond motifs is 1. The predicted molar refractivity (Wildman–Crippen MR) is 75.3 cm³/mol. The van der Waals surface area contributed by atoms with Gasteiger partial charge in [0.05, 0.1) is 24.7 Å². The topological polar surface area (TPSA) is 69.6 Å². The molecular weight excluding hydrogens is 254 g/mol. The summed E-state index contributed by atoms with van der Waals surface area (Å²) >= 11 is 0. The van der Waals surface area contributed by atoms with E-state index in [2.05, 4.69) is 17.4 Å². The molecular formula is C16H21NO3. The number of aliphatic hydroxyl groups is 2. The molecule has 1 aromatic carbocycles. The van der Waals surface area contributed by atoms with Gasteiger partial charge in [0.1, 0.15) is 0 Å². The van der Waals surface area contributed by atoms with Gasteiger partial charge in [-0.1, -0.05) is 18.2 Å². The van der Waals surface area contributed by atoms with Crippen molar-refractivity contribution in [2.24, 2.45) is 0 Å². The molecule has 0 spiro atoms. The summed E-state index contributed by atoms with van der Waals surface area (Å²) in [7, 11) is 0. The predicted octanol–water partition coefficient (Wildman–Crippen LogP) is 0.718. The van der Waals surface area contributed by atoms with E-state index in [0.717, 1.165) is 18.4 Å². The molecule has 0 heterocycles. The lowest BCUT2D eigenvalue weighted by atomic mass is 10.0. The maximum Gasteiger partial charge on any atom is 0.224 e. The van der Waals surface area contributed by atoms with Gasteiger partial charge < -0.3 is 15.5 Å². The zero-order valence-corrected chi connectivity index (χ0v) is 11.5. The highest BCUT2D eigenvalue weighted by Crippen LogP contribution is 2.23. The Kier molecular flexibility index (Phi) is 3.76. The first-order valence-electron chi connectivity index (χ1n) is 7.39. The fourth-order valence-corrected chi connectivity index (χ4v) is 3.30. The summed E-state index contributed by atoms with van der Waals surface area (Å²) < 4.78 is 0. The number of aliphatic hydroxyl groups excluding tert-OH is 2. The third-order valence-corrected chi connectivity index (χ3v) is 4.45. The number of carbonyl (C=O) groups is 1. The van der Waals surface area contributed by atoms with Gasteiger partial charge in [0.15, 0.2) is 0 Å². The molecule has 20 heavy (non-hydrogen) atoms. The van der Waals surface area contributed by atoms with E-state index in [1.807, 2.05) is 6.07 Å². The molecule has 3 atom stereocenters. The average molecular weight is 275 g/mol. The Hall–Kier alpha value is -1.39. The van der Waals surface area contributed by atoms with Crippen molar-refractivity contribution in [1.29, 1.82) is 0 Å². The van der Waals surface area contributed by atoms with E-state index in [0.29, 0.717) is 19.3 Å². The lowest BCUT2D eigenvalue weighted by Crippen LogP contribution is -2.43. The lowest BCUT2D eigenvalue weighted by molar-refractivity contribution is -0.122. The number of carbonyl (C=O) groups excluding carboxylic acids is 1. The van der Waals surface area contributed by atoms with Gasteiger partial charge in [-0.3, -0.25) is 4.79 Å². The van der Waals surface area contributed by atoms with Crippen molar-refractivity contribution < 1.29 is 15.0 Å². The van der Waals surface area contributed by atoms with Crippen LogP contribution in [0.25, 0.3) is 0 Å². The van der Waals surface area contributed by atoms with Gasteiger partial charge in [0, 0.05) is 0 Å². The van der Waals surface area contributed by atoms with Gasteiger partial charge in [-0.15, -0.1) is 0 Å². The monoisotopic (exact) mass is 275 g/mol. The molecule has 1 amide bonds. The van der Waals surface area contributed by atoms with Crippen LogP contribution >= 0.6 is 0 Å². The Morgan fingerprint density at radius 1 is 1.20 bits per heavy atom. The second kappa shape index (κ2) is 5.54. The van der Waals surface area contributed by atoms with Crippen molar-refractivity contribution in [2.45, 2.75) is 56.8 Å². The zero-order chi connectivity index (χ0) is 14.1. The minimum Gasteiger partial charge on any atom is -0.390 e. The van der Waals surface area contributed by atoms with Crippen molar-refractivity contribution in [1.82, 2.24) is 5.32 Å². The molecule has 108 valence electrons. The molecule has 2 aliphatic rings. The van der Waals surface area contributed by atoms with Crippen molar-refractivity contribution >= 4 is 5.91 Å². The fraction of sp³-hybridized carbons (Fsp3) is 0.562. The van der Waals surface area contributed by atoms with Crippen LogP contribution < -0.4 is 5.32 Å². The Balaban J connectivity index is 1.59. The second-order valence-corrected chi connectivity index (χ2v) is 5.94. The Labute approximate surface area is 118 Å². The molecule has 0 aliphatic heterocycles. The van der Waals surface area contributed by atoms with Crippen LogP contribution in [-0.4, -0.2) is 34.4 Å². The van der Waals surface area contributed by atoms with E-state index in [1.165, 1.54) is 17.5 Å². The lowest BCUT2D eigenvalue weighted by Gasteiger charge is -2.18. The molecule has 3 N–H and O–H groups in total. The number of hydrogen-bond donors (Lipinski definition) is 3. The highest BCUT2D eigenvalue weighted by atomic mass is 16.3. The zero-order valence-electron chi connectivity index (χ0n) is 11.5. The van der Waals surface area contributed by atoms with Gasteiger partial charge in [0.2, 0.25) is 5.91 Å². The van der Waals surface area contributed by atoms with Crippen LogP contribution in [0.4, 0.5) is 0 Å². The number of rotatable bonds is 3. The molecule has 1 fully saturated rings. The second-order valence-electron chi connectivity index (χ2n) is 5.94. The molecule has 0 radical (unpaired) electrons. The molecule has 3 rings (SSSR count). The van der Waals surface area contributed by atoms with E-state index in [-0.39, 0.29) is 11.9 Å². The molecule has 0 saturated heterocycles. The Bertz CT molecular complexity index is 514. The normalized spacial score (nSPS) is 28.4. The summed E-state index contributed by atoms with van der Waals surface area (Å²) in [5.74, 6) is -0.0823. The largest absolute Gasteiger partial charge is 0.390 e. The van der Waals surface area contributed by atoms with Crippen LogP contribution in [0.15, 0.2) is 18.2 Å². The van der Waals surface area contributed by atoms with Gasteiger partial charge in [-0.25, -0.2) is 0 Å². The highest BCUT2D eigenvalue weighted by Gasteiger charge is 2.34. The van der Waals surface area contributed by atoms with Crippen molar-refractivity contribution in [3.8, 4) is 0 Å². The summed E-state index contributed by atoms with van der Waals surface area (Å²) in [5, 5.41) is 22.0. The van der Waals surface area contributed by atoms with E-state index in [4.69, 9.17) is 0 Å². The smallest absolute Gasteiger partial charge is 0.224 e. The van der Waals surface area contributed by atoms with Crippen molar-refractivity contribution in [3.63, 3.8) is 0 Å². The van der Waals surface area contributed by atoms with E-state index in [9.17, 15) is 15.0 Å². The first-order valence-corrected chi connectivity index (χ1v) is 7.39. The maximum atomic E-state index is 12.0. The van der Waals surface area contributed by atoms with Crippen LogP contribution in [0.3, 0.4) is 0 Å². The number of hydrogen-bond acceptors (Lipinski definition) is 3. The van der Waals surface area contributed by atoms with E-state index < -0.39 is 12.2 Å². The summed E-state index contributed by atoms with van der Waals surface area (Å²) in [6.07, 6.45) is 3.44. The fourth-order valence-electron chi connectivity index (χ4n) is 3.30. The van der Waals surface area contributed by atoms with Gasteiger partial charge in [-0.05, 0) is 48.8 Å². The Morgan fingerprint density at radius 2 is 2.00 bits per heavy atom. The third kappa shape index (κ3) is 2.72. The minimum absolute atomic E-state index is 0.0823. The number of amides is 1. The number of benzene rings is 1. The van der Waals surface area contributed by atoms with Crippen LogP contribution in [0, 0.1) is 0 Å². The number of aryl methyl sites for hydroxylation is 2. The van der Waals surface area contributed by atoms with Crippen LogP contribution in [0.2, 0.25) is 0 Å². The average Bonchev–Trinajstić information content (AvgIpc) is 3.00. The molecule has 0 unspecified atom stereocenters. The Morgan fingerprint density at radius 3 is 2.75 bits per heavy atom.